The van der Waals surface area contributed by atoms with Crippen LogP contribution in [0.25, 0.3) is 0 Å². The van der Waals surface area contributed by atoms with Crippen molar-refractivity contribution in [2.24, 2.45) is 17.3 Å². The van der Waals surface area contributed by atoms with Crippen LogP contribution in [0.4, 0.5) is 23.0 Å². The van der Waals surface area contributed by atoms with Crippen molar-refractivity contribution in [3.63, 3.8) is 0 Å². The normalized spacial score (nSPS) is 15.2. The second-order valence-corrected chi connectivity index (χ2v) is 6.17. The highest BCUT2D eigenvalue weighted by atomic mass is 35.5. The van der Waals surface area contributed by atoms with Crippen molar-refractivity contribution in [2.45, 2.75) is 19.3 Å². The molecule has 0 saturated carbocycles. The summed E-state index contributed by atoms with van der Waals surface area (Å²) in [6, 6.07) is 7.00. The largest absolute Gasteiger partial charge is 0.382 e. The summed E-state index contributed by atoms with van der Waals surface area (Å²) in [6.45, 7) is 1.72. The maximum absolute atomic E-state index is 12.0. The Labute approximate surface area is 144 Å². The minimum absolute atomic E-state index is 0.0939. The van der Waals surface area contributed by atoms with Crippen LogP contribution >= 0.6 is 11.6 Å². The minimum Gasteiger partial charge on any atom is -0.382 e. The third-order valence-electron chi connectivity index (χ3n) is 4.02. The molecule has 126 valence electrons. The van der Waals surface area contributed by atoms with Crippen LogP contribution in [0.3, 0.4) is 0 Å². The van der Waals surface area contributed by atoms with Gasteiger partial charge in [0, 0.05) is 25.2 Å². The van der Waals surface area contributed by atoms with Gasteiger partial charge >= 0.3 is 5.69 Å². The predicted molar refractivity (Wildman–Crippen MR) is 95.6 cm³/mol. The number of azo groups is 1. The average molecular weight is 347 g/mol. The summed E-state index contributed by atoms with van der Waals surface area (Å²) in [5.41, 5.74) is 6.64. The van der Waals surface area contributed by atoms with Crippen molar-refractivity contribution in [1.29, 1.82) is 0 Å². The van der Waals surface area contributed by atoms with Gasteiger partial charge in [-0.2, -0.15) is 10.1 Å². The number of nitrogen functional groups attached to an aromatic ring is 1. The van der Waals surface area contributed by atoms with E-state index in [2.05, 4.69) is 20.1 Å². The van der Waals surface area contributed by atoms with Gasteiger partial charge in [0.1, 0.15) is 5.82 Å². The number of piperidine rings is 1. The Morgan fingerprint density at radius 3 is 2.46 bits per heavy atom. The highest BCUT2D eigenvalue weighted by Crippen LogP contribution is 2.34. The molecule has 1 aliphatic heterocycles. The minimum atomic E-state index is -0.390. The zero-order chi connectivity index (χ0) is 17.1. The highest BCUT2D eigenvalue weighted by Gasteiger charge is 2.21. The van der Waals surface area contributed by atoms with Crippen LogP contribution in [0, 0.1) is 0 Å². The monoisotopic (exact) mass is 346 g/mol. The van der Waals surface area contributed by atoms with Gasteiger partial charge in [0.25, 0.3) is 0 Å². The molecule has 1 aromatic heterocycles. The van der Waals surface area contributed by atoms with Gasteiger partial charge in [-0.25, -0.2) is 4.79 Å². The van der Waals surface area contributed by atoms with E-state index in [0.29, 0.717) is 22.2 Å². The SMILES string of the molecule is Cn1c(N2CCCCC2)c(N=Nc2ccc(Cl)cc2)c(N)nc1=O. The van der Waals surface area contributed by atoms with E-state index in [1.165, 1.54) is 11.0 Å². The van der Waals surface area contributed by atoms with Gasteiger partial charge in [0.2, 0.25) is 0 Å². The van der Waals surface area contributed by atoms with Crippen molar-refractivity contribution in [3.8, 4) is 0 Å². The van der Waals surface area contributed by atoms with Crippen molar-refractivity contribution >= 4 is 34.6 Å². The molecule has 7 nitrogen and oxygen atoms in total. The van der Waals surface area contributed by atoms with E-state index in [-0.39, 0.29) is 5.82 Å². The summed E-state index contributed by atoms with van der Waals surface area (Å²) >= 11 is 5.87. The van der Waals surface area contributed by atoms with Crippen molar-refractivity contribution < 1.29 is 0 Å². The number of nitrogens with two attached hydrogens (primary N) is 1. The number of hydrogen-bond donors (Lipinski definition) is 1. The molecular formula is C16H19ClN6O. The smallest absolute Gasteiger partial charge is 0.350 e. The summed E-state index contributed by atoms with van der Waals surface area (Å²) in [5.74, 6) is 0.765. The van der Waals surface area contributed by atoms with Gasteiger partial charge in [-0.3, -0.25) is 4.57 Å². The van der Waals surface area contributed by atoms with Crippen LogP contribution in [0.15, 0.2) is 39.3 Å². The van der Waals surface area contributed by atoms with E-state index >= 15 is 0 Å². The lowest BCUT2D eigenvalue weighted by molar-refractivity contribution is 0.563. The highest BCUT2D eigenvalue weighted by molar-refractivity contribution is 6.30. The van der Waals surface area contributed by atoms with E-state index in [9.17, 15) is 4.79 Å². The lowest BCUT2D eigenvalue weighted by atomic mass is 10.1. The molecule has 0 aliphatic carbocycles. The lowest BCUT2D eigenvalue weighted by Crippen LogP contribution is -2.35. The lowest BCUT2D eigenvalue weighted by Gasteiger charge is -2.30. The number of aromatic nitrogens is 2. The van der Waals surface area contributed by atoms with Gasteiger partial charge < -0.3 is 10.6 Å². The maximum atomic E-state index is 12.0. The molecule has 1 aromatic carbocycles. The summed E-state index contributed by atoms with van der Waals surface area (Å²) in [4.78, 5) is 18.0. The number of halogens is 1. The molecule has 2 aromatic rings. The number of nitrogens with zero attached hydrogens (tertiary/aromatic N) is 5. The first-order chi connectivity index (χ1) is 11.6. The van der Waals surface area contributed by atoms with E-state index in [1.54, 1.807) is 31.3 Å². The van der Waals surface area contributed by atoms with Crippen molar-refractivity contribution in [2.75, 3.05) is 23.7 Å². The summed E-state index contributed by atoms with van der Waals surface area (Å²) < 4.78 is 1.48. The van der Waals surface area contributed by atoms with Gasteiger partial charge in [0.15, 0.2) is 11.5 Å². The quantitative estimate of drug-likeness (QED) is 0.862. The molecule has 24 heavy (non-hydrogen) atoms. The number of hydrogen-bond acceptors (Lipinski definition) is 6. The average Bonchev–Trinajstić information content (AvgIpc) is 2.59. The fraction of sp³-hybridized carbons (Fsp3) is 0.375. The maximum Gasteiger partial charge on any atom is 0.350 e. The van der Waals surface area contributed by atoms with Gasteiger partial charge in [-0.05, 0) is 43.5 Å². The van der Waals surface area contributed by atoms with Crippen LogP contribution in [0.2, 0.25) is 5.02 Å². The first-order valence-electron chi connectivity index (χ1n) is 7.85. The fourth-order valence-electron chi connectivity index (χ4n) is 2.77. The molecule has 0 unspecified atom stereocenters. The summed E-state index contributed by atoms with van der Waals surface area (Å²) in [7, 11) is 1.68. The second-order valence-electron chi connectivity index (χ2n) is 5.73. The Hall–Kier alpha value is -2.41. The summed E-state index contributed by atoms with van der Waals surface area (Å²) in [5, 5.41) is 9.12. The Bertz CT molecular complexity index is 809. The molecule has 0 radical (unpaired) electrons. The third kappa shape index (κ3) is 3.41. The molecule has 1 fully saturated rings. The molecule has 2 N–H and O–H groups in total. The molecule has 1 saturated heterocycles. The fourth-order valence-corrected chi connectivity index (χ4v) is 2.90. The molecule has 1 aliphatic rings. The molecule has 0 spiro atoms. The van der Waals surface area contributed by atoms with E-state index in [1.807, 2.05) is 0 Å². The van der Waals surface area contributed by atoms with Crippen LogP contribution in [0.1, 0.15) is 19.3 Å². The van der Waals surface area contributed by atoms with Gasteiger partial charge in [0.05, 0.1) is 5.69 Å². The summed E-state index contributed by atoms with van der Waals surface area (Å²) in [6.07, 6.45) is 3.33. The zero-order valence-electron chi connectivity index (χ0n) is 13.4. The Morgan fingerprint density at radius 2 is 1.79 bits per heavy atom. The molecule has 3 rings (SSSR count). The van der Waals surface area contributed by atoms with Gasteiger partial charge in [-0.1, -0.05) is 11.6 Å². The zero-order valence-corrected chi connectivity index (χ0v) is 14.2. The van der Waals surface area contributed by atoms with Crippen molar-refractivity contribution in [1.82, 2.24) is 9.55 Å². The molecule has 0 atom stereocenters. The molecule has 8 heteroatoms. The van der Waals surface area contributed by atoms with E-state index in [0.717, 1.165) is 25.9 Å². The predicted octanol–water partition coefficient (Wildman–Crippen LogP) is 3.42. The van der Waals surface area contributed by atoms with Crippen LogP contribution in [-0.2, 0) is 7.05 Å². The molecule has 0 amide bonds. The number of rotatable bonds is 3. The first kappa shape index (κ1) is 16.4. The Balaban J connectivity index is 2.03. The number of anilines is 2. The number of benzene rings is 1. The Morgan fingerprint density at radius 1 is 1.12 bits per heavy atom. The standard InChI is InChI=1S/C16H19ClN6O/c1-22-15(23-9-3-2-4-10-23)13(14(18)19-16(22)24)21-20-12-7-5-11(17)6-8-12/h5-8H,2-4,9-10H2,1H3,(H2,18,19,24). The first-order valence-corrected chi connectivity index (χ1v) is 8.23. The Kier molecular flexibility index (Phi) is 4.80. The topological polar surface area (TPSA) is 88.9 Å². The van der Waals surface area contributed by atoms with Crippen LogP contribution in [0.5, 0.6) is 0 Å². The van der Waals surface area contributed by atoms with Crippen LogP contribution in [-0.4, -0.2) is 22.6 Å². The van der Waals surface area contributed by atoms with Gasteiger partial charge in [-0.15, -0.1) is 5.11 Å². The molecular weight excluding hydrogens is 328 g/mol. The molecule has 0 bridgehead atoms. The third-order valence-corrected chi connectivity index (χ3v) is 4.27. The van der Waals surface area contributed by atoms with Crippen molar-refractivity contribution in [3.05, 3.63) is 39.8 Å². The van der Waals surface area contributed by atoms with E-state index in [4.69, 9.17) is 17.3 Å². The second kappa shape index (κ2) is 7.00. The van der Waals surface area contributed by atoms with E-state index < -0.39 is 5.69 Å². The molecule has 2 heterocycles. The van der Waals surface area contributed by atoms with Crippen LogP contribution < -0.4 is 16.3 Å².